The molecule has 1 aliphatic heterocycles. The molecule has 0 aliphatic carbocycles. The van der Waals surface area contributed by atoms with Crippen LogP contribution in [0.2, 0.25) is 0 Å². The van der Waals surface area contributed by atoms with Gasteiger partial charge in [0.05, 0.1) is 18.8 Å². The number of nitrogens with zero attached hydrogens (tertiary/aromatic N) is 2. The van der Waals surface area contributed by atoms with Gasteiger partial charge in [-0.1, -0.05) is 6.07 Å². The summed E-state index contributed by atoms with van der Waals surface area (Å²) in [6.45, 7) is 5.37. The standard InChI is InChI=1S/C16H21N3O2/c20-16(14-12-15-4-1-2-7-19(15)13-14)17-5-3-6-18-8-10-21-11-9-18/h1-2,4,7,12-13H,3,5-6,8-11H2,(H,17,20). The van der Waals surface area contributed by atoms with Gasteiger partial charge in [-0.15, -0.1) is 0 Å². The highest BCUT2D eigenvalue weighted by atomic mass is 16.5. The van der Waals surface area contributed by atoms with Gasteiger partial charge in [0.1, 0.15) is 0 Å². The van der Waals surface area contributed by atoms with E-state index < -0.39 is 0 Å². The summed E-state index contributed by atoms with van der Waals surface area (Å²) < 4.78 is 7.28. The van der Waals surface area contributed by atoms with Crippen molar-refractivity contribution in [3.05, 3.63) is 42.2 Å². The third-order valence-electron chi connectivity index (χ3n) is 3.81. The third-order valence-corrected chi connectivity index (χ3v) is 3.81. The molecule has 1 amide bonds. The number of ether oxygens (including phenoxy) is 1. The van der Waals surface area contributed by atoms with Crippen molar-refractivity contribution >= 4 is 11.4 Å². The fourth-order valence-corrected chi connectivity index (χ4v) is 2.61. The van der Waals surface area contributed by atoms with Crippen molar-refractivity contribution in [1.29, 1.82) is 0 Å². The Morgan fingerprint density at radius 3 is 2.95 bits per heavy atom. The number of carbonyl (C=O) groups is 1. The van der Waals surface area contributed by atoms with E-state index in [0.717, 1.165) is 44.8 Å². The van der Waals surface area contributed by atoms with Crippen LogP contribution in [-0.2, 0) is 4.74 Å². The molecule has 3 rings (SSSR count). The lowest BCUT2D eigenvalue weighted by Gasteiger charge is -2.26. The molecule has 0 aromatic carbocycles. The molecular formula is C16H21N3O2. The average Bonchev–Trinajstić information content (AvgIpc) is 2.96. The third kappa shape index (κ3) is 3.62. The summed E-state index contributed by atoms with van der Waals surface area (Å²) in [7, 11) is 0. The Morgan fingerprint density at radius 1 is 1.29 bits per heavy atom. The zero-order chi connectivity index (χ0) is 14.5. The Hall–Kier alpha value is -1.85. The second kappa shape index (κ2) is 6.74. The smallest absolute Gasteiger partial charge is 0.252 e. The maximum atomic E-state index is 12.1. The number of aromatic nitrogens is 1. The average molecular weight is 287 g/mol. The summed E-state index contributed by atoms with van der Waals surface area (Å²) in [6.07, 6.45) is 4.79. The van der Waals surface area contributed by atoms with Crippen molar-refractivity contribution in [3.8, 4) is 0 Å². The van der Waals surface area contributed by atoms with Gasteiger partial charge in [-0.25, -0.2) is 0 Å². The maximum absolute atomic E-state index is 12.1. The first kappa shape index (κ1) is 14.1. The summed E-state index contributed by atoms with van der Waals surface area (Å²) >= 11 is 0. The maximum Gasteiger partial charge on any atom is 0.252 e. The molecule has 1 aliphatic rings. The second-order valence-corrected chi connectivity index (χ2v) is 5.33. The quantitative estimate of drug-likeness (QED) is 0.845. The first-order valence-corrected chi connectivity index (χ1v) is 7.48. The van der Waals surface area contributed by atoms with Crippen LogP contribution in [0.25, 0.3) is 5.52 Å². The lowest BCUT2D eigenvalue weighted by molar-refractivity contribution is 0.0374. The molecule has 5 heteroatoms. The van der Waals surface area contributed by atoms with E-state index in [1.807, 2.05) is 41.1 Å². The lowest BCUT2D eigenvalue weighted by Crippen LogP contribution is -2.38. The number of pyridine rings is 1. The van der Waals surface area contributed by atoms with Crippen LogP contribution in [0.15, 0.2) is 36.7 Å². The molecule has 2 aromatic rings. The molecule has 0 atom stereocenters. The van der Waals surface area contributed by atoms with Crippen LogP contribution >= 0.6 is 0 Å². The summed E-state index contributed by atoms with van der Waals surface area (Å²) in [5.41, 5.74) is 1.75. The fraction of sp³-hybridized carbons (Fsp3) is 0.438. The van der Waals surface area contributed by atoms with E-state index in [2.05, 4.69) is 10.2 Å². The van der Waals surface area contributed by atoms with Gasteiger partial charge >= 0.3 is 0 Å². The van der Waals surface area contributed by atoms with Crippen molar-refractivity contribution in [3.63, 3.8) is 0 Å². The van der Waals surface area contributed by atoms with Gasteiger partial charge in [0.25, 0.3) is 5.91 Å². The Bertz CT molecular complexity index is 569. The number of carbonyl (C=O) groups excluding carboxylic acids is 1. The van der Waals surface area contributed by atoms with Crippen LogP contribution in [-0.4, -0.2) is 54.6 Å². The molecule has 0 saturated carbocycles. The molecule has 2 aromatic heterocycles. The highest BCUT2D eigenvalue weighted by Crippen LogP contribution is 2.09. The molecule has 0 unspecified atom stereocenters. The fourth-order valence-electron chi connectivity index (χ4n) is 2.61. The molecule has 1 saturated heterocycles. The summed E-state index contributed by atoms with van der Waals surface area (Å²) in [5.74, 6) is 0.000627. The van der Waals surface area contributed by atoms with Crippen LogP contribution in [0.4, 0.5) is 0 Å². The van der Waals surface area contributed by atoms with Crippen LogP contribution in [0.5, 0.6) is 0 Å². The minimum Gasteiger partial charge on any atom is -0.379 e. The van der Waals surface area contributed by atoms with Gasteiger partial charge < -0.3 is 14.5 Å². The summed E-state index contributed by atoms with van der Waals surface area (Å²) in [5, 5.41) is 2.99. The molecule has 1 fully saturated rings. The van der Waals surface area contributed by atoms with Gasteiger partial charge in [0.2, 0.25) is 0 Å². The summed E-state index contributed by atoms with van der Waals surface area (Å²) in [4.78, 5) is 14.5. The van der Waals surface area contributed by atoms with E-state index in [-0.39, 0.29) is 5.91 Å². The SMILES string of the molecule is O=C(NCCCN1CCOCC1)c1cc2ccccn2c1. The molecule has 3 heterocycles. The van der Waals surface area contributed by atoms with Crippen LogP contribution in [0.3, 0.4) is 0 Å². The van der Waals surface area contributed by atoms with Crippen LogP contribution in [0.1, 0.15) is 16.8 Å². The van der Waals surface area contributed by atoms with Crippen molar-refractivity contribution in [2.75, 3.05) is 39.4 Å². The van der Waals surface area contributed by atoms with Crippen molar-refractivity contribution in [1.82, 2.24) is 14.6 Å². The molecule has 112 valence electrons. The predicted octanol–water partition coefficient (Wildman–Crippen LogP) is 1.39. The molecule has 5 nitrogen and oxygen atoms in total. The Morgan fingerprint density at radius 2 is 2.14 bits per heavy atom. The number of fused-ring (bicyclic) bond motifs is 1. The molecule has 0 spiro atoms. The van der Waals surface area contributed by atoms with Crippen LogP contribution in [0, 0.1) is 0 Å². The van der Waals surface area contributed by atoms with Gasteiger partial charge in [-0.3, -0.25) is 9.69 Å². The predicted molar refractivity (Wildman–Crippen MR) is 81.6 cm³/mol. The molecule has 1 N–H and O–H groups in total. The van der Waals surface area contributed by atoms with Gasteiger partial charge in [0.15, 0.2) is 0 Å². The first-order chi connectivity index (χ1) is 10.3. The Balaban J connectivity index is 1.45. The first-order valence-electron chi connectivity index (χ1n) is 7.48. The highest BCUT2D eigenvalue weighted by molar-refractivity contribution is 5.95. The largest absolute Gasteiger partial charge is 0.379 e. The van der Waals surface area contributed by atoms with Crippen LogP contribution < -0.4 is 5.32 Å². The highest BCUT2D eigenvalue weighted by Gasteiger charge is 2.11. The van der Waals surface area contributed by atoms with E-state index in [9.17, 15) is 4.79 Å². The minimum atomic E-state index is 0.000627. The zero-order valence-corrected chi connectivity index (χ0v) is 12.1. The lowest BCUT2D eigenvalue weighted by atomic mass is 10.3. The number of amides is 1. The Labute approximate surface area is 124 Å². The molecule has 0 radical (unpaired) electrons. The van der Waals surface area contributed by atoms with E-state index in [1.165, 1.54) is 0 Å². The zero-order valence-electron chi connectivity index (χ0n) is 12.1. The van der Waals surface area contributed by atoms with Crippen molar-refractivity contribution in [2.45, 2.75) is 6.42 Å². The van der Waals surface area contributed by atoms with Crippen molar-refractivity contribution < 1.29 is 9.53 Å². The number of rotatable bonds is 5. The molecular weight excluding hydrogens is 266 g/mol. The number of hydrogen-bond acceptors (Lipinski definition) is 3. The van der Waals surface area contributed by atoms with E-state index in [4.69, 9.17) is 4.74 Å². The van der Waals surface area contributed by atoms with Gasteiger partial charge in [0, 0.05) is 37.5 Å². The van der Waals surface area contributed by atoms with E-state index in [0.29, 0.717) is 12.1 Å². The topological polar surface area (TPSA) is 46.0 Å². The molecule has 0 bridgehead atoms. The summed E-state index contributed by atoms with van der Waals surface area (Å²) in [6, 6.07) is 7.84. The van der Waals surface area contributed by atoms with E-state index in [1.54, 1.807) is 0 Å². The Kier molecular flexibility index (Phi) is 4.52. The van der Waals surface area contributed by atoms with Crippen molar-refractivity contribution in [2.24, 2.45) is 0 Å². The monoisotopic (exact) mass is 287 g/mol. The van der Waals surface area contributed by atoms with Gasteiger partial charge in [-0.05, 0) is 31.2 Å². The normalized spacial score (nSPS) is 16.2. The van der Waals surface area contributed by atoms with Gasteiger partial charge in [-0.2, -0.15) is 0 Å². The molecule has 21 heavy (non-hydrogen) atoms. The minimum absolute atomic E-state index is 0.000627. The number of nitrogens with one attached hydrogen (secondary N) is 1. The number of morpholine rings is 1. The second-order valence-electron chi connectivity index (χ2n) is 5.33. The van der Waals surface area contributed by atoms with E-state index >= 15 is 0 Å². The number of hydrogen-bond donors (Lipinski definition) is 1.